The van der Waals surface area contributed by atoms with Crippen LogP contribution < -0.4 is 5.32 Å². The Labute approximate surface area is 182 Å². The fraction of sp³-hybridized carbons (Fsp3) is 0.238. The maximum Gasteiger partial charge on any atom is 0.234 e. The van der Waals surface area contributed by atoms with Crippen molar-refractivity contribution < 1.29 is 9.21 Å². The molecule has 0 bridgehead atoms. The van der Waals surface area contributed by atoms with Crippen LogP contribution in [0.2, 0.25) is 0 Å². The highest BCUT2D eigenvalue weighted by atomic mass is 32.2. The molecular weight excluding hydrogens is 418 g/mol. The molecule has 3 heterocycles. The highest BCUT2D eigenvalue weighted by Gasteiger charge is 2.14. The molecule has 0 fully saturated rings. The first kappa shape index (κ1) is 20.4. The zero-order valence-electron chi connectivity index (χ0n) is 16.8. The summed E-state index contributed by atoms with van der Waals surface area (Å²) in [6, 6.07) is 11.4. The predicted octanol–water partition coefficient (Wildman–Crippen LogP) is 5.05. The molecule has 1 amide bonds. The number of aromatic nitrogens is 4. The van der Waals surface area contributed by atoms with Gasteiger partial charge in [-0.1, -0.05) is 31.7 Å². The lowest BCUT2D eigenvalue weighted by atomic mass is 10.2. The molecule has 1 aromatic carbocycles. The summed E-state index contributed by atoms with van der Waals surface area (Å²) in [5, 5.41) is 14.0. The van der Waals surface area contributed by atoms with E-state index in [0.717, 1.165) is 27.7 Å². The molecule has 0 unspecified atom stereocenters. The molecule has 3 aromatic heterocycles. The molecule has 0 aliphatic carbocycles. The molecule has 0 saturated carbocycles. The second-order valence-corrected chi connectivity index (χ2v) is 8.87. The molecule has 0 spiro atoms. The van der Waals surface area contributed by atoms with Crippen molar-refractivity contribution in [1.82, 2.24) is 19.7 Å². The largest absolute Gasteiger partial charge is 0.441 e. The topological polar surface area (TPSA) is 85.8 Å². The van der Waals surface area contributed by atoms with Gasteiger partial charge in [-0.15, -0.1) is 21.5 Å². The van der Waals surface area contributed by atoms with Crippen molar-refractivity contribution in [3.05, 3.63) is 53.7 Å². The molecule has 0 atom stereocenters. The summed E-state index contributed by atoms with van der Waals surface area (Å²) in [5.74, 6) is 2.66. The maximum absolute atomic E-state index is 12.3. The van der Waals surface area contributed by atoms with Crippen molar-refractivity contribution in [2.45, 2.75) is 24.9 Å². The Balaban J connectivity index is 1.34. The van der Waals surface area contributed by atoms with E-state index >= 15 is 0 Å². The molecule has 154 valence electrons. The number of hydrogen-bond donors (Lipinski definition) is 1. The van der Waals surface area contributed by atoms with Crippen molar-refractivity contribution >= 4 is 34.7 Å². The van der Waals surface area contributed by atoms with Crippen LogP contribution in [0.25, 0.3) is 22.2 Å². The maximum atomic E-state index is 12.3. The lowest BCUT2D eigenvalue weighted by Crippen LogP contribution is -2.14. The third kappa shape index (κ3) is 4.47. The number of carbonyl (C=O) groups is 1. The molecule has 0 aliphatic heterocycles. The predicted molar refractivity (Wildman–Crippen MR) is 120 cm³/mol. The van der Waals surface area contributed by atoms with Crippen molar-refractivity contribution in [1.29, 1.82) is 0 Å². The van der Waals surface area contributed by atoms with Crippen molar-refractivity contribution in [3.63, 3.8) is 0 Å². The third-order valence-corrected chi connectivity index (χ3v) is 6.30. The Morgan fingerprint density at radius 3 is 2.70 bits per heavy atom. The van der Waals surface area contributed by atoms with Gasteiger partial charge in [0, 0.05) is 24.2 Å². The molecule has 9 heteroatoms. The molecule has 0 saturated heterocycles. The average Bonchev–Trinajstić information content (AvgIpc) is 3.48. The van der Waals surface area contributed by atoms with E-state index in [4.69, 9.17) is 4.42 Å². The first-order valence-corrected chi connectivity index (χ1v) is 11.3. The van der Waals surface area contributed by atoms with E-state index in [1.165, 1.54) is 11.8 Å². The third-order valence-electron chi connectivity index (χ3n) is 4.42. The fourth-order valence-corrected chi connectivity index (χ4v) is 4.23. The number of hydrogen-bond acceptors (Lipinski definition) is 7. The second-order valence-electron chi connectivity index (χ2n) is 6.98. The SMILES string of the molecule is CC(C)c1cnc(-c2ccc(NC(=O)CSc3nnc(-c4cccs4)n3C)cc2)o1. The highest BCUT2D eigenvalue weighted by Crippen LogP contribution is 2.27. The zero-order valence-corrected chi connectivity index (χ0v) is 18.5. The van der Waals surface area contributed by atoms with Crippen LogP contribution in [0.5, 0.6) is 0 Å². The second kappa shape index (κ2) is 8.85. The Kier molecular flexibility index (Phi) is 6.01. The number of anilines is 1. The average molecular weight is 440 g/mol. The van der Waals surface area contributed by atoms with Gasteiger partial charge in [0.05, 0.1) is 16.8 Å². The first-order valence-electron chi connectivity index (χ1n) is 9.43. The lowest BCUT2D eigenvalue weighted by molar-refractivity contribution is -0.113. The lowest BCUT2D eigenvalue weighted by Gasteiger charge is -2.06. The van der Waals surface area contributed by atoms with Gasteiger partial charge in [-0.25, -0.2) is 4.98 Å². The van der Waals surface area contributed by atoms with Crippen molar-refractivity contribution in [3.8, 4) is 22.2 Å². The number of nitrogens with zero attached hydrogens (tertiary/aromatic N) is 4. The summed E-state index contributed by atoms with van der Waals surface area (Å²) in [6.07, 6.45) is 1.75. The van der Waals surface area contributed by atoms with E-state index in [1.54, 1.807) is 17.5 Å². The van der Waals surface area contributed by atoms with Crippen LogP contribution in [0.1, 0.15) is 25.5 Å². The quantitative estimate of drug-likeness (QED) is 0.406. The van der Waals surface area contributed by atoms with Crippen LogP contribution in [-0.4, -0.2) is 31.4 Å². The van der Waals surface area contributed by atoms with Crippen LogP contribution in [0, 0.1) is 0 Å². The number of thioether (sulfide) groups is 1. The van der Waals surface area contributed by atoms with E-state index in [-0.39, 0.29) is 17.6 Å². The molecule has 0 aliphatic rings. The summed E-state index contributed by atoms with van der Waals surface area (Å²) < 4.78 is 7.67. The van der Waals surface area contributed by atoms with Gasteiger partial charge in [-0.05, 0) is 35.7 Å². The molecular formula is C21H21N5O2S2. The van der Waals surface area contributed by atoms with Gasteiger partial charge in [0.2, 0.25) is 11.8 Å². The van der Waals surface area contributed by atoms with E-state index in [2.05, 4.69) is 34.3 Å². The Morgan fingerprint density at radius 2 is 2.03 bits per heavy atom. The standard InChI is InChI=1S/C21H21N5O2S2/c1-13(2)16-11-22-20(28-16)14-6-8-15(9-7-14)23-18(27)12-30-21-25-24-19(26(21)3)17-5-4-10-29-17/h4-11,13H,12H2,1-3H3,(H,23,27). The van der Waals surface area contributed by atoms with Crippen molar-refractivity contribution in [2.24, 2.45) is 7.05 Å². The van der Waals surface area contributed by atoms with Crippen LogP contribution in [-0.2, 0) is 11.8 Å². The van der Waals surface area contributed by atoms with Crippen molar-refractivity contribution in [2.75, 3.05) is 11.1 Å². The summed E-state index contributed by atoms with van der Waals surface area (Å²) in [5.41, 5.74) is 1.59. The molecule has 30 heavy (non-hydrogen) atoms. The number of nitrogens with one attached hydrogen (secondary N) is 1. The molecule has 0 radical (unpaired) electrons. The molecule has 4 rings (SSSR count). The summed E-state index contributed by atoms with van der Waals surface area (Å²) in [4.78, 5) is 17.7. The van der Waals surface area contributed by atoms with Crippen LogP contribution in [0.4, 0.5) is 5.69 Å². The van der Waals surface area contributed by atoms with Crippen LogP contribution >= 0.6 is 23.1 Å². The van der Waals surface area contributed by atoms with E-state index in [0.29, 0.717) is 11.0 Å². The molecule has 1 N–H and O–H groups in total. The van der Waals surface area contributed by atoms with Gasteiger partial charge in [-0.2, -0.15) is 0 Å². The van der Waals surface area contributed by atoms with Gasteiger partial charge in [-0.3, -0.25) is 4.79 Å². The zero-order chi connectivity index (χ0) is 21.1. The first-order chi connectivity index (χ1) is 14.5. The summed E-state index contributed by atoms with van der Waals surface area (Å²) in [6.45, 7) is 4.12. The Bertz CT molecular complexity index is 1130. The van der Waals surface area contributed by atoms with Gasteiger partial charge >= 0.3 is 0 Å². The number of oxazole rings is 1. The smallest absolute Gasteiger partial charge is 0.234 e. The van der Waals surface area contributed by atoms with Gasteiger partial charge in [0.1, 0.15) is 5.76 Å². The van der Waals surface area contributed by atoms with Gasteiger partial charge < -0.3 is 14.3 Å². The normalized spacial score (nSPS) is 11.2. The minimum absolute atomic E-state index is 0.105. The van der Waals surface area contributed by atoms with Crippen LogP contribution in [0.15, 0.2) is 57.5 Å². The summed E-state index contributed by atoms with van der Waals surface area (Å²) >= 11 is 2.96. The Morgan fingerprint density at radius 1 is 1.23 bits per heavy atom. The minimum Gasteiger partial charge on any atom is -0.441 e. The summed E-state index contributed by atoms with van der Waals surface area (Å²) in [7, 11) is 1.90. The van der Waals surface area contributed by atoms with Gasteiger partial charge in [0.25, 0.3) is 0 Å². The van der Waals surface area contributed by atoms with E-state index in [1.807, 2.05) is 53.4 Å². The highest BCUT2D eigenvalue weighted by molar-refractivity contribution is 7.99. The Hall–Kier alpha value is -2.91. The van der Waals surface area contributed by atoms with Gasteiger partial charge in [0.15, 0.2) is 11.0 Å². The van der Waals surface area contributed by atoms with E-state index < -0.39 is 0 Å². The number of carbonyl (C=O) groups excluding carboxylic acids is 1. The van der Waals surface area contributed by atoms with E-state index in [9.17, 15) is 4.79 Å². The molecule has 4 aromatic rings. The fourth-order valence-electron chi connectivity index (χ4n) is 2.77. The minimum atomic E-state index is -0.105. The number of rotatable bonds is 7. The molecule has 7 nitrogen and oxygen atoms in total. The number of benzene rings is 1. The number of amides is 1. The monoisotopic (exact) mass is 439 g/mol. The number of thiophene rings is 1. The van der Waals surface area contributed by atoms with Crippen LogP contribution in [0.3, 0.4) is 0 Å².